The fourth-order valence-corrected chi connectivity index (χ4v) is 1.88. The van der Waals surface area contributed by atoms with Crippen molar-refractivity contribution in [1.82, 2.24) is 0 Å². The van der Waals surface area contributed by atoms with Gasteiger partial charge in [-0.2, -0.15) is 0 Å². The fraction of sp³-hybridized carbons (Fsp3) is 0.143. The number of ether oxygens (including phenoxy) is 1. The molecule has 98 valence electrons. The molecule has 0 aromatic heterocycles. The lowest BCUT2D eigenvalue weighted by atomic mass is 9.99. The number of aromatic carboxylic acids is 1. The SMILES string of the molecule is O=C(O)c1ccc2ccccc2c1C(=O)OCCO. The van der Waals surface area contributed by atoms with Crippen molar-refractivity contribution in [2.45, 2.75) is 0 Å². The van der Waals surface area contributed by atoms with Crippen LogP contribution < -0.4 is 0 Å². The molecule has 0 spiro atoms. The Morgan fingerprint density at radius 3 is 2.53 bits per heavy atom. The summed E-state index contributed by atoms with van der Waals surface area (Å²) < 4.78 is 4.82. The van der Waals surface area contributed by atoms with Crippen LogP contribution in [0, 0.1) is 0 Å². The number of benzene rings is 2. The van der Waals surface area contributed by atoms with Gasteiger partial charge in [-0.25, -0.2) is 9.59 Å². The van der Waals surface area contributed by atoms with E-state index in [4.69, 9.17) is 14.9 Å². The number of aliphatic hydroxyl groups excluding tert-OH is 1. The molecule has 0 amide bonds. The van der Waals surface area contributed by atoms with E-state index in [-0.39, 0.29) is 24.3 Å². The molecule has 0 atom stereocenters. The van der Waals surface area contributed by atoms with Crippen LogP contribution in [0.15, 0.2) is 36.4 Å². The van der Waals surface area contributed by atoms with E-state index in [0.29, 0.717) is 5.39 Å². The summed E-state index contributed by atoms with van der Waals surface area (Å²) in [4.78, 5) is 23.1. The molecule has 0 radical (unpaired) electrons. The van der Waals surface area contributed by atoms with Gasteiger partial charge in [0.2, 0.25) is 0 Å². The van der Waals surface area contributed by atoms with Crippen molar-refractivity contribution in [2.75, 3.05) is 13.2 Å². The summed E-state index contributed by atoms with van der Waals surface area (Å²) in [5.74, 6) is -1.94. The maximum atomic E-state index is 11.9. The number of carbonyl (C=O) groups is 2. The van der Waals surface area contributed by atoms with Crippen molar-refractivity contribution in [3.63, 3.8) is 0 Å². The van der Waals surface area contributed by atoms with Crippen molar-refractivity contribution in [2.24, 2.45) is 0 Å². The Morgan fingerprint density at radius 2 is 1.84 bits per heavy atom. The molecule has 0 heterocycles. The lowest BCUT2D eigenvalue weighted by molar-refractivity contribution is 0.0429. The summed E-state index contributed by atoms with van der Waals surface area (Å²) >= 11 is 0. The highest BCUT2D eigenvalue weighted by Gasteiger charge is 2.20. The van der Waals surface area contributed by atoms with E-state index in [1.165, 1.54) is 6.07 Å². The molecule has 5 heteroatoms. The van der Waals surface area contributed by atoms with Crippen molar-refractivity contribution in [3.05, 3.63) is 47.5 Å². The van der Waals surface area contributed by atoms with Gasteiger partial charge in [0.1, 0.15) is 6.61 Å². The van der Waals surface area contributed by atoms with Gasteiger partial charge in [-0.1, -0.05) is 30.3 Å². The third-order valence-electron chi connectivity index (χ3n) is 2.69. The predicted octanol–water partition coefficient (Wildman–Crippen LogP) is 1.69. The van der Waals surface area contributed by atoms with Gasteiger partial charge < -0.3 is 14.9 Å². The average molecular weight is 260 g/mol. The van der Waals surface area contributed by atoms with Gasteiger partial charge in [0.15, 0.2) is 0 Å². The number of rotatable bonds is 4. The number of fused-ring (bicyclic) bond motifs is 1. The summed E-state index contributed by atoms with van der Waals surface area (Å²) in [5, 5.41) is 19.1. The minimum Gasteiger partial charge on any atom is -0.478 e. The fourth-order valence-electron chi connectivity index (χ4n) is 1.88. The second-order valence-corrected chi connectivity index (χ2v) is 3.87. The lowest BCUT2D eigenvalue weighted by Crippen LogP contribution is -2.14. The molecular weight excluding hydrogens is 248 g/mol. The summed E-state index contributed by atoms with van der Waals surface area (Å²) in [6, 6.07) is 9.98. The Hall–Kier alpha value is -2.40. The van der Waals surface area contributed by atoms with E-state index in [0.717, 1.165) is 5.39 Å². The Bertz CT molecular complexity index is 633. The van der Waals surface area contributed by atoms with Crippen LogP contribution in [0.5, 0.6) is 0 Å². The van der Waals surface area contributed by atoms with Crippen molar-refractivity contribution >= 4 is 22.7 Å². The van der Waals surface area contributed by atoms with Gasteiger partial charge in [-0.3, -0.25) is 0 Å². The van der Waals surface area contributed by atoms with E-state index < -0.39 is 11.9 Å². The molecule has 0 fully saturated rings. The molecule has 2 aromatic carbocycles. The Kier molecular flexibility index (Phi) is 3.77. The highest BCUT2D eigenvalue weighted by Crippen LogP contribution is 2.23. The molecule has 0 saturated carbocycles. The zero-order valence-electron chi connectivity index (χ0n) is 10.00. The van der Waals surface area contributed by atoms with Crippen LogP contribution in [0.1, 0.15) is 20.7 Å². The van der Waals surface area contributed by atoms with Crippen LogP contribution in [0.4, 0.5) is 0 Å². The first-order valence-electron chi connectivity index (χ1n) is 5.68. The molecule has 2 aromatic rings. The van der Waals surface area contributed by atoms with E-state index in [1.54, 1.807) is 30.3 Å². The minimum absolute atomic E-state index is 0.0130. The second kappa shape index (κ2) is 5.49. The topological polar surface area (TPSA) is 83.8 Å². The van der Waals surface area contributed by atoms with Gasteiger partial charge in [0.05, 0.1) is 17.7 Å². The van der Waals surface area contributed by atoms with Gasteiger partial charge in [0, 0.05) is 0 Å². The van der Waals surface area contributed by atoms with Crippen LogP contribution in [0.2, 0.25) is 0 Å². The number of carbonyl (C=O) groups excluding carboxylic acids is 1. The van der Waals surface area contributed by atoms with Crippen LogP contribution in [0.25, 0.3) is 10.8 Å². The quantitative estimate of drug-likeness (QED) is 0.817. The highest BCUT2D eigenvalue weighted by molar-refractivity contribution is 6.12. The van der Waals surface area contributed by atoms with Crippen molar-refractivity contribution in [1.29, 1.82) is 0 Å². The first kappa shape index (κ1) is 13.0. The lowest BCUT2D eigenvalue weighted by Gasteiger charge is -2.09. The number of hydrogen-bond acceptors (Lipinski definition) is 4. The zero-order valence-corrected chi connectivity index (χ0v) is 10.00. The van der Waals surface area contributed by atoms with Crippen LogP contribution in [-0.4, -0.2) is 35.4 Å². The molecule has 0 aliphatic rings. The van der Waals surface area contributed by atoms with Gasteiger partial charge in [-0.15, -0.1) is 0 Å². The third kappa shape index (κ3) is 2.56. The molecule has 0 aliphatic heterocycles. The Balaban J connectivity index is 2.62. The largest absolute Gasteiger partial charge is 0.478 e. The standard InChI is InChI=1S/C14H12O5/c15-7-8-19-14(18)12-10-4-2-1-3-9(10)5-6-11(12)13(16)17/h1-6,15H,7-8H2,(H,16,17). The first-order chi connectivity index (χ1) is 9.15. The summed E-state index contributed by atoms with van der Waals surface area (Å²) in [7, 11) is 0. The monoisotopic (exact) mass is 260 g/mol. The average Bonchev–Trinajstić information content (AvgIpc) is 2.43. The van der Waals surface area contributed by atoms with E-state index in [1.807, 2.05) is 0 Å². The summed E-state index contributed by atoms with van der Waals surface area (Å²) in [6.45, 7) is -0.472. The number of carboxylic acid groups (broad SMARTS) is 1. The molecule has 2 N–H and O–H groups in total. The van der Waals surface area contributed by atoms with Crippen LogP contribution >= 0.6 is 0 Å². The summed E-state index contributed by atoms with van der Waals surface area (Å²) in [6.07, 6.45) is 0. The number of esters is 1. The molecule has 0 aliphatic carbocycles. The van der Waals surface area contributed by atoms with Gasteiger partial charge in [0.25, 0.3) is 0 Å². The third-order valence-corrected chi connectivity index (χ3v) is 2.69. The maximum Gasteiger partial charge on any atom is 0.339 e. The normalized spacial score (nSPS) is 10.4. The minimum atomic E-state index is -1.19. The van der Waals surface area contributed by atoms with E-state index in [9.17, 15) is 9.59 Å². The van der Waals surface area contributed by atoms with E-state index in [2.05, 4.69) is 0 Å². The first-order valence-corrected chi connectivity index (χ1v) is 5.68. The van der Waals surface area contributed by atoms with Crippen LogP contribution in [0.3, 0.4) is 0 Å². The van der Waals surface area contributed by atoms with Gasteiger partial charge >= 0.3 is 11.9 Å². The molecule has 0 bridgehead atoms. The number of hydrogen-bond donors (Lipinski definition) is 2. The molecule has 0 saturated heterocycles. The molecule has 2 rings (SSSR count). The van der Waals surface area contributed by atoms with Crippen LogP contribution in [-0.2, 0) is 4.74 Å². The van der Waals surface area contributed by atoms with Gasteiger partial charge in [-0.05, 0) is 16.8 Å². The molecular formula is C14H12O5. The molecule has 19 heavy (non-hydrogen) atoms. The van der Waals surface area contributed by atoms with Crippen molar-refractivity contribution in [3.8, 4) is 0 Å². The predicted molar refractivity (Wildman–Crippen MR) is 68.3 cm³/mol. The van der Waals surface area contributed by atoms with Crippen molar-refractivity contribution < 1.29 is 24.5 Å². The summed E-state index contributed by atoms with van der Waals surface area (Å²) in [5.41, 5.74) is -0.0966. The number of carboxylic acids is 1. The highest BCUT2D eigenvalue weighted by atomic mass is 16.5. The second-order valence-electron chi connectivity index (χ2n) is 3.87. The Labute approximate surface area is 109 Å². The van der Waals surface area contributed by atoms with E-state index >= 15 is 0 Å². The Morgan fingerprint density at radius 1 is 1.11 bits per heavy atom. The molecule has 5 nitrogen and oxygen atoms in total. The maximum absolute atomic E-state index is 11.9. The zero-order chi connectivity index (χ0) is 13.8. The molecule has 0 unspecified atom stereocenters. The number of aliphatic hydroxyl groups is 1. The smallest absolute Gasteiger partial charge is 0.339 e.